The summed E-state index contributed by atoms with van der Waals surface area (Å²) in [5.41, 5.74) is 1.14. The lowest BCUT2D eigenvalue weighted by atomic mass is 10.1. The number of benzene rings is 1. The Morgan fingerprint density at radius 3 is 2.80 bits per heavy atom. The van der Waals surface area contributed by atoms with Gasteiger partial charge in [-0.05, 0) is 50.5 Å². The van der Waals surface area contributed by atoms with Crippen LogP contribution in [0.25, 0.3) is 0 Å². The van der Waals surface area contributed by atoms with E-state index in [2.05, 4.69) is 4.72 Å². The molecule has 108 valence electrons. The average molecular weight is 294 g/mol. The second-order valence-electron chi connectivity index (χ2n) is 5.05. The van der Waals surface area contributed by atoms with Gasteiger partial charge >= 0.3 is 0 Å². The SMILES string of the molecule is Cc1cc(S(=O)(=O)NC(C)C2CCCO2)ccc1C#N. The molecule has 0 bridgehead atoms. The minimum Gasteiger partial charge on any atom is -0.377 e. The Labute approximate surface area is 119 Å². The fourth-order valence-corrected chi connectivity index (χ4v) is 3.67. The van der Waals surface area contributed by atoms with Crippen molar-refractivity contribution in [2.45, 2.75) is 43.7 Å². The van der Waals surface area contributed by atoms with E-state index in [4.69, 9.17) is 10.00 Å². The largest absolute Gasteiger partial charge is 0.377 e. The third kappa shape index (κ3) is 3.18. The molecule has 1 fully saturated rings. The highest BCUT2D eigenvalue weighted by molar-refractivity contribution is 7.89. The highest BCUT2D eigenvalue weighted by atomic mass is 32.2. The van der Waals surface area contributed by atoms with E-state index in [0.717, 1.165) is 12.8 Å². The van der Waals surface area contributed by atoms with Crippen molar-refractivity contribution in [3.05, 3.63) is 29.3 Å². The summed E-state index contributed by atoms with van der Waals surface area (Å²) < 4.78 is 32.7. The molecule has 1 aromatic rings. The highest BCUT2D eigenvalue weighted by Crippen LogP contribution is 2.19. The number of aryl methyl sites for hydroxylation is 1. The molecule has 0 amide bonds. The predicted octanol–water partition coefficient (Wildman–Crippen LogP) is 1.71. The maximum atomic E-state index is 12.3. The number of rotatable bonds is 4. The maximum absolute atomic E-state index is 12.3. The number of hydrogen-bond acceptors (Lipinski definition) is 4. The first-order valence-electron chi connectivity index (χ1n) is 6.59. The standard InChI is InChI=1S/C14H18N2O3S/c1-10-8-13(6-5-12(10)9-15)20(17,18)16-11(2)14-4-3-7-19-14/h5-6,8,11,14,16H,3-4,7H2,1-2H3. The van der Waals surface area contributed by atoms with Crippen molar-refractivity contribution in [1.29, 1.82) is 5.26 Å². The zero-order valence-corrected chi connectivity index (χ0v) is 12.4. The molecule has 1 aromatic carbocycles. The van der Waals surface area contributed by atoms with E-state index < -0.39 is 10.0 Å². The van der Waals surface area contributed by atoms with E-state index in [1.807, 2.05) is 13.0 Å². The van der Waals surface area contributed by atoms with E-state index >= 15 is 0 Å². The van der Waals surface area contributed by atoms with Gasteiger partial charge in [-0.1, -0.05) is 0 Å². The number of nitriles is 1. The van der Waals surface area contributed by atoms with Crippen LogP contribution in [0.1, 0.15) is 30.9 Å². The summed E-state index contributed by atoms with van der Waals surface area (Å²) in [5.74, 6) is 0. The van der Waals surface area contributed by atoms with Crippen LogP contribution >= 0.6 is 0 Å². The molecule has 0 saturated carbocycles. The van der Waals surface area contributed by atoms with Crippen LogP contribution in [-0.4, -0.2) is 27.2 Å². The van der Waals surface area contributed by atoms with Crippen molar-refractivity contribution in [2.24, 2.45) is 0 Å². The second kappa shape index (κ2) is 5.92. The van der Waals surface area contributed by atoms with Crippen molar-refractivity contribution in [3.63, 3.8) is 0 Å². The van der Waals surface area contributed by atoms with Gasteiger partial charge in [0.05, 0.1) is 22.6 Å². The molecule has 2 unspecified atom stereocenters. The molecule has 0 aromatic heterocycles. The third-order valence-electron chi connectivity index (χ3n) is 3.49. The maximum Gasteiger partial charge on any atom is 0.240 e. The van der Waals surface area contributed by atoms with Crippen LogP contribution in [0.4, 0.5) is 0 Å². The highest BCUT2D eigenvalue weighted by Gasteiger charge is 2.27. The zero-order valence-electron chi connectivity index (χ0n) is 11.6. The molecule has 1 aliphatic heterocycles. The van der Waals surface area contributed by atoms with E-state index in [-0.39, 0.29) is 17.0 Å². The van der Waals surface area contributed by atoms with Crippen molar-refractivity contribution in [1.82, 2.24) is 4.72 Å². The van der Waals surface area contributed by atoms with Gasteiger partial charge in [0.1, 0.15) is 0 Å². The Kier molecular flexibility index (Phi) is 4.43. The van der Waals surface area contributed by atoms with E-state index in [1.165, 1.54) is 18.2 Å². The number of sulfonamides is 1. The van der Waals surface area contributed by atoms with Crippen molar-refractivity contribution < 1.29 is 13.2 Å². The van der Waals surface area contributed by atoms with Crippen LogP contribution in [-0.2, 0) is 14.8 Å². The monoisotopic (exact) mass is 294 g/mol. The lowest BCUT2D eigenvalue weighted by Gasteiger charge is -2.20. The summed E-state index contributed by atoms with van der Waals surface area (Å²) in [5, 5.41) is 8.87. The van der Waals surface area contributed by atoms with Gasteiger partial charge in [-0.25, -0.2) is 13.1 Å². The first-order chi connectivity index (χ1) is 9.44. The summed E-state index contributed by atoms with van der Waals surface area (Å²) in [4.78, 5) is 0.179. The van der Waals surface area contributed by atoms with Gasteiger partial charge in [0.2, 0.25) is 10.0 Å². The molecule has 1 N–H and O–H groups in total. The van der Waals surface area contributed by atoms with Crippen LogP contribution in [0.5, 0.6) is 0 Å². The van der Waals surface area contributed by atoms with E-state index in [0.29, 0.717) is 17.7 Å². The van der Waals surface area contributed by atoms with Gasteiger partial charge in [-0.2, -0.15) is 5.26 Å². The van der Waals surface area contributed by atoms with Gasteiger partial charge in [0, 0.05) is 12.6 Å². The lowest BCUT2D eigenvalue weighted by molar-refractivity contribution is 0.0902. The molecular weight excluding hydrogens is 276 g/mol. The third-order valence-corrected chi connectivity index (χ3v) is 5.05. The fraction of sp³-hybridized carbons (Fsp3) is 0.500. The lowest BCUT2D eigenvalue weighted by Crippen LogP contribution is -2.40. The van der Waals surface area contributed by atoms with E-state index in [9.17, 15) is 8.42 Å². The molecule has 0 radical (unpaired) electrons. The quantitative estimate of drug-likeness (QED) is 0.917. The fourth-order valence-electron chi connectivity index (χ4n) is 2.31. The van der Waals surface area contributed by atoms with Gasteiger partial charge in [-0.3, -0.25) is 0 Å². The predicted molar refractivity (Wildman–Crippen MR) is 74.7 cm³/mol. The molecule has 1 heterocycles. The van der Waals surface area contributed by atoms with Crippen LogP contribution in [0, 0.1) is 18.3 Å². The van der Waals surface area contributed by atoms with Crippen molar-refractivity contribution in [3.8, 4) is 6.07 Å². The first-order valence-corrected chi connectivity index (χ1v) is 8.07. The van der Waals surface area contributed by atoms with Gasteiger partial charge in [-0.15, -0.1) is 0 Å². The van der Waals surface area contributed by atoms with E-state index in [1.54, 1.807) is 6.92 Å². The van der Waals surface area contributed by atoms with Gasteiger partial charge < -0.3 is 4.74 Å². The Hall–Kier alpha value is -1.42. The summed E-state index contributed by atoms with van der Waals surface area (Å²) in [6, 6.07) is 6.26. The molecule has 6 heteroatoms. The van der Waals surface area contributed by atoms with Crippen LogP contribution in [0.3, 0.4) is 0 Å². The summed E-state index contributed by atoms with van der Waals surface area (Å²) in [6.07, 6.45) is 1.77. The average Bonchev–Trinajstić information content (AvgIpc) is 2.92. The van der Waals surface area contributed by atoms with Gasteiger partial charge in [0.15, 0.2) is 0 Å². The molecule has 1 saturated heterocycles. The molecular formula is C14H18N2O3S. The summed E-state index contributed by atoms with van der Waals surface area (Å²) >= 11 is 0. The molecule has 1 aliphatic rings. The van der Waals surface area contributed by atoms with Crippen molar-refractivity contribution >= 4 is 10.0 Å². The topological polar surface area (TPSA) is 79.2 Å². The zero-order chi connectivity index (χ0) is 14.8. The number of nitrogens with one attached hydrogen (secondary N) is 1. The summed E-state index contributed by atoms with van der Waals surface area (Å²) in [6.45, 7) is 4.22. The molecule has 20 heavy (non-hydrogen) atoms. The minimum atomic E-state index is -3.58. The molecule has 2 atom stereocenters. The van der Waals surface area contributed by atoms with Crippen LogP contribution < -0.4 is 4.72 Å². The van der Waals surface area contributed by atoms with Crippen molar-refractivity contribution in [2.75, 3.05) is 6.61 Å². The van der Waals surface area contributed by atoms with Crippen LogP contribution in [0.2, 0.25) is 0 Å². The Bertz CT molecular complexity index is 628. The first kappa shape index (κ1) is 15.0. The Morgan fingerprint density at radius 1 is 1.50 bits per heavy atom. The minimum absolute atomic E-state index is 0.0655. The number of ether oxygens (including phenoxy) is 1. The Morgan fingerprint density at radius 2 is 2.25 bits per heavy atom. The molecule has 0 aliphatic carbocycles. The normalized spacial score (nSPS) is 20.6. The smallest absolute Gasteiger partial charge is 0.240 e. The summed E-state index contributed by atoms with van der Waals surface area (Å²) in [7, 11) is -3.58. The molecule has 5 nitrogen and oxygen atoms in total. The van der Waals surface area contributed by atoms with Gasteiger partial charge in [0.25, 0.3) is 0 Å². The number of hydrogen-bond donors (Lipinski definition) is 1. The molecule has 2 rings (SSSR count). The number of nitrogens with zero attached hydrogens (tertiary/aromatic N) is 1. The van der Waals surface area contributed by atoms with Crippen LogP contribution in [0.15, 0.2) is 23.1 Å². The second-order valence-corrected chi connectivity index (χ2v) is 6.76. The Balaban J connectivity index is 2.18. The molecule has 0 spiro atoms.